The minimum absolute atomic E-state index is 0.0227. The number of halogens is 2. The predicted octanol–water partition coefficient (Wildman–Crippen LogP) is 2.14. The van der Waals surface area contributed by atoms with Gasteiger partial charge in [0.2, 0.25) is 0 Å². The Balaban J connectivity index is 3.00. The lowest BCUT2D eigenvalue weighted by Gasteiger charge is -2.20. The number of para-hydroxylation sites is 1. The number of aliphatic carboxylic acids is 1. The summed E-state index contributed by atoms with van der Waals surface area (Å²) in [7, 11) is 1.25. The average Bonchev–Trinajstić information content (AvgIpc) is 2.44. The molecule has 0 aliphatic rings. The summed E-state index contributed by atoms with van der Waals surface area (Å²) in [4.78, 5) is 23.1. The number of amides is 1. The Bertz CT molecular complexity index is 560. The molecule has 1 aromatic rings. The molecule has 1 aromatic carbocycles. The van der Waals surface area contributed by atoms with Crippen molar-refractivity contribution in [2.45, 2.75) is 20.5 Å². The van der Waals surface area contributed by atoms with Gasteiger partial charge in [0.1, 0.15) is 0 Å². The second-order valence-corrected chi connectivity index (χ2v) is 5.09. The van der Waals surface area contributed by atoms with Gasteiger partial charge in [-0.05, 0) is 26.0 Å². The Hall–Kier alpha value is -2.38. The molecule has 6 nitrogen and oxygen atoms in total. The standard InChI is InChI=1S/C14H17F2NO5/c1-14(2,12(19)20)7-17-11(18)8-5-4-6-9(21-3)10(8)22-13(15)16/h4-6,13H,7H2,1-3H3,(H,17,18)(H,19,20). The summed E-state index contributed by atoms with van der Waals surface area (Å²) in [6.07, 6.45) is 0. The smallest absolute Gasteiger partial charge is 0.387 e. The molecule has 0 saturated heterocycles. The van der Waals surface area contributed by atoms with Crippen molar-refractivity contribution in [1.29, 1.82) is 0 Å². The fourth-order valence-electron chi connectivity index (χ4n) is 1.54. The van der Waals surface area contributed by atoms with Crippen LogP contribution in [-0.2, 0) is 4.79 Å². The van der Waals surface area contributed by atoms with Crippen LogP contribution >= 0.6 is 0 Å². The summed E-state index contributed by atoms with van der Waals surface area (Å²) in [5.41, 5.74) is -1.36. The first kappa shape index (κ1) is 17.7. The number of carboxylic acids is 1. The molecule has 2 N–H and O–H groups in total. The van der Waals surface area contributed by atoms with E-state index in [9.17, 15) is 18.4 Å². The summed E-state index contributed by atoms with van der Waals surface area (Å²) in [5.74, 6) is -2.25. The fraction of sp³-hybridized carbons (Fsp3) is 0.429. The summed E-state index contributed by atoms with van der Waals surface area (Å²) in [5, 5.41) is 11.4. The van der Waals surface area contributed by atoms with Crippen LogP contribution in [-0.4, -0.2) is 37.2 Å². The number of ether oxygens (including phenoxy) is 2. The molecule has 0 bridgehead atoms. The zero-order valence-electron chi connectivity index (χ0n) is 12.4. The Morgan fingerprint density at radius 1 is 1.36 bits per heavy atom. The molecule has 8 heteroatoms. The van der Waals surface area contributed by atoms with Gasteiger partial charge in [-0.1, -0.05) is 6.07 Å². The van der Waals surface area contributed by atoms with Crippen LogP contribution in [0.1, 0.15) is 24.2 Å². The van der Waals surface area contributed by atoms with Crippen molar-refractivity contribution < 1.29 is 33.0 Å². The maximum Gasteiger partial charge on any atom is 0.387 e. The number of carboxylic acid groups (broad SMARTS) is 1. The van der Waals surface area contributed by atoms with E-state index in [4.69, 9.17) is 9.84 Å². The van der Waals surface area contributed by atoms with Crippen LogP contribution in [0.4, 0.5) is 8.78 Å². The van der Waals surface area contributed by atoms with Gasteiger partial charge in [0, 0.05) is 6.54 Å². The van der Waals surface area contributed by atoms with E-state index in [1.807, 2.05) is 0 Å². The second kappa shape index (κ2) is 7.06. The van der Waals surface area contributed by atoms with Crippen LogP contribution in [0.2, 0.25) is 0 Å². The van der Waals surface area contributed by atoms with Gasteiger partial charge in [0.05, 0.1) is 18.1 Å². The lowest BCUT2D eigenvalue weighted by molar-refractivity contribution is -0.146. The third-order valence-corrected chi connectivity index (χ3v) is 2.92. The van der Waals surface area contributed by atoms with Gasteiger partial charge >= 0.3 is 12.6 Å². The van der Waals surface area contributed by atoms with Crippen LogP contribution in [0, 0.1) is 5.41 Å². The highest BCUT2D eigenvalue weighted by Crippen LogP contribution is 2.32. The largest absolute Gasteiger partial charge is 0.493 e. The van der Waals surface area contributed by atoms with E-state index in [0.29, 0.717) is 0 Å². The van der Waals surface area contributed by atoms with Crippen molar-refractivity contribution in [1.82, 2.24) is 5.32 Å². The van der Waals surface area contributed by atoms with E-state index in [-0.39, 0.29) is 17.9 Å². The van der Waals surface area contributed by atoms with E-state index >= 15 is 0 Å². The average molecular weight is 317 g/mol. The Kier molecular flexibility index (Phi) is 5.67. The maximum atomic E-state index is 12.5. The number of benzene rings is 1. The molecule has 1 rings (SSSR count). The Labute approximate surface area is 126 Å². The molecule has 22 heavy (non-hydrogen) atoms. The summed E-state index contributed by atoms with van der Waals surface area (Å²) in [6, 6.07) is 4.09. The molecule has 1 amide bonds. The molecule has 0 saturated carbocycles. The van der Waals surface area contributed by atoms with Gasteiger partial charge in [-0.25, -0.2) is 0 Å². The van der Waals surface area contributed by atoms with Gasteiger partial charge in [-0.15, -0.1) is 0 Å². The summed E-state index contributed by atoms with van der Waals surface area (Å²) >= 11 is 0. The molecule has 0 aliphatic heterocycles. The molecule has 0 heterocycles. The number of alkyl halides is 2. The van der Waals surface area contributed by atoms with E-state index in [2.05, 4.69) is 10.1 Å². The summed E-state index contributed by atoms with van der Waals surface area (Å²) < 4.78 is 34.2. The van der Waals surface area contributed by atoms with E-state index in [1.165, 1.54) is 39.2 Å². The van der Waals surface area contributed by atoms with Crippen molar-refractivity contribution in [3.8, 4) is 11.5 Å². The number of methoxy groups -OCH3 is 1. The number of carbonyl (C=O) groups is 2. The lowest BCUT2D eigenvalue weighted by Crippen LogP contribution is -2.39. The number of hydrogen-bond acceptors (Lipinski definition) is 4. The molecule has 122 valence electrons. The molecule has 0 aromatic heterocycles. The van der Waals surface area contributed by atoms with Gasteiger partial charge in [-0.3, -0.25) is 9.59 Å². The van der Waals surface area contributed by atoms with Crippen LogP contribution in [0.25, 0.3) is 0 Å². The highest BCUT2D eigenvalue weighted by molar-refractivity contribution is 5.98. The molecule has 0 atom stereocenters. The van der Waals surface area contributed by atoms with Crippen molar-refractivity contribution in [3.63, 3.8) is 0 Å². The van der Waals surface area contributed by atoms with Crippen LogP contribution in [0.3, 0.4) is 0 Å². The van der Waals surface area contributed by atoms with Gasteiger partial charge in [0.15, 0.2) is 11.5 Å². The fourth-order valence-corrected chi connectivity index (χ4v) is 1.54. The first-order valence-electron chi connectivity index (χ1n) is 6.32. The number of hydrogen-bond donors (Lipinski definition) is 2. The zero-order chi connectivity index (χ0) is 16.9. The lowest BCUT2D eigenvalue weighted by atomic mass is 9.94. The normalized spacial score (nSPS) is 11.2. The SMILES string of the molecule is COc1cccc(C(=O)NCC(C)(C)C(=O)O)c1OC(F)F. The number of rotatable bonds is 7. The van der Waals surface area contributed by atoms with Crippen molar-refractivity contribution in [2.24, 2.45) is 5.41 Å². The minimum atomic E-state index is -3.13. The third-order valence-electron chi connectivity index (χ3n) is 2.92. The van der Waals surface area contributed by atoms with Crippen LogP contribution in [0.5, 0.6) is 11.5 Å². The monoisotopic (exact) mass is 317 g/mol. The summed E-state index contributed by atoms with van der Waals surface area (Å²) in [6.45, 7) is -0.444. The van der Waals surface area contributed by atoms with Gasteiger partial charge in [-0.2, -0.15) is 8.78 Å². The van der Waals surface area contributed by atoms with Gasteiger partial charge in [0.25, 0.3) is 5.91 Å². The maximum absolute atomic E-state index is 12.5. The topological polar surface area (TPSA) is 84.9 Å². The minimum Gasteiger partial charge on any atom is -0.493 e. The van der Waals surface area contributed by atoms with Crippen LogP contribution < -0.4 is 14.8 Å². The Morgan fingerprint density at radius 2 is 2.00 bits per heavy atom. The Morgan fingerprint density at radius 3 is 2.50 bits per heavy atom. The molecule has 0 radical (unpaired) electrons. The predicted molar refractivity (Wildman–Crippen MR) is 73.4 cm³/mol. The van der Waals surface area contributed by atoms with Crippen LogP contribution in [0.15, 0.2) is 18.2 Å². The molecule has 0 aliphatic carbocycles. The zero-order valence-corrected chi connectivity index (χ0v) is 12.4. The highest BCUT2D eigenvalue weighted by Gasteiger charge is 2.28. The van der Waals surface area contributed by atoms with E-state index < -0.39 is 29.7 Å². The first-order chi connectivity index (χ1) is 10.2. The third kappa shape index (κ3) is 4.31. The molecular weight excluding hydrogens is 300 g/mol. The first-order valence-corrected chi connectivity index (χ1v) is 6.32. The molecular formula is C14H17F2NO5. The van der Waals surface area contributed by atoms with Crippen molar-refractivity contribution >= 4 is 11.9 Å². The number of carbonyl (C=O) groups excluding carboxylic acids is 1. The quantitative estimate of drug-likeness (QED) is 0.805. The van der Waals surface area contributed by atoms with E-state index in [0.717, 1.165) is 0 Å². The van der Waals surface area contributed by atoms with E-state index in [1.54, 1.807) is 0 Å². The number of nitrogens with one attached hydrogen (secondary N) is 1. The van der Waals surface area contributed by atoms with Crippen molar-refractivity contribution in [3.05, 3.63) is 23.8 Å². The highest BCUT2D eigenvalue weighted by atomic mass is 19.3. The van der Waals surface area contributed by atoms with Crippen molar-refractivity contribution in [2.75, 3.05) is 13.7 Å². The van der Waals surface area contributed by atoms with Gasteiger partial charge < -0.3 is 19.9 Å². The molecule has 0 unspecified atom stereocenters. The molecule has 0 spiro atoms. The molecule has 0 fully saturated rings. The second-order valence-electron chi connectivity index (χ2n) is 5.09.